The SMILES string of the molecule is CC(C)CCSC1CC(=O)NC1=O. The van der Waals surface area contributed by atoms with Crippen LogP contribution in [0.5, 0.6) is 0 Å². The van der Waals surface area contributed by atoms with E-state index in [2.05, 4.69) is 19.2 Å². The summed E-state index contributed by atoms with van der Waals surface area (Å²) in [4.78, 5) is 21.9. The zero-order chi connectivity index (χ0) is 9.84. The van der Waals surface area contributed by atoms with E-state index in [9.17, 15) is 9.59 Å². The number of imide groups is 1. The molecule has 1 aliphatic heterocycles. The number of thioether (sulfide) groups is 1. The van der Waals surface area contributed by atoms with Crippen LogP contribution in [0.3, 0.4) is 0 Å². The molecule has 0 aliphatic carbocycles. The van der Waals surface area contributed by atoms with Crippen LogP contribution < -0.4 is 5.32 Å². The average Bonchev–Trinajstić information content (AvgIpc) is 2.29. The Bertz CT molecular complexity index is 216. The summed E-state index contributed by atoms with van der Waals surface area (Å²) in [5.74, 6) is 1.38. The summed E-state index contributed by atoms with van der Waals surface area (Å²) in [5, 5.41) is 2.17. The molecule has 1 N–H and O–H groups in total. The molecule has 3 nitrogen and oxygen atoms in total. The normalized spacial score (nSPS) is 22.5. The Morgan fingerprint density at radius 3 is 2.69 bits per heavy atom. The van der Waals surface area contributed by atoms with Crippen molar-refractivity contribution >= 4 is 23.6 Å². The van der Waals surface area contributed by atoms with Gasteiger partial charge in [0, 0.05) is 6.42 Å². The van der Waals surface area contributed by atoms with Crippen LogP contribution in [0.25, 0.3) is 0 Å². The van der Waals surface area contributed by atoms with Crippen molar-refractivity contribution in [3.8, 4) is 0 Å². The lowest BCUT2D eigenvalue weighted by molar-refractivity contribution is -0.124. The Morgan fingerprint density at radius 2 is 2.23 bits per heavy atom. The van der Waals surface area contributed by atoms with Gasteiger partial charge in [-0.15, -0.1) is 11.8 Å². The molecule has 13 heavy (non-hydrogen) atoms. The highest BCUT2D eigenvalue weighted by atomic mass is 32.2. The highest BCUT2D eigenvalue weighted by molar-refractivity contribution is 8.00. The Labute approximate surface area is 82.6 Å². The number of nitrogens with one attached hydrogen (secondary N) is 1. The maximum Gasteiger partial charge on any atom is 0.240 e. The third-order valence-electron chi connectivity index (χ3n) is 1.94. The zero-order valence-electron chi connectivity index (χ0n) is 8.00. The molecule has 1 rings (SSSR count). The number of carbonyl (C=O) groups is 2. The van der Waals surface area contributed by atoms with Gasteiger partial charge in [-0.1, -0.05) is 13.8 Å². The molecular weight excluding hydrogens is 186 g/mol. The zero-order valence-corrected chi connectivity index (χ0v) is 8.82. The smallest absolute Gasteiger partial charge is 0.240 e. The van der Waals surface area contributed by atoms with Crippen LogP contribution in [0.1, 0.15) is 26.7 Å². The summed E-state index contributed by atoms with van der Waals surface area (Å²) in [6.45, 7) is 4.31. The van der Waals surface area contributed by atoms with Gasteiger partial charge in [-0.2, -0.15) is 0 Å². The van der Waals surface area contributed by atoms with Crippen molar-refractivity contribution in [1.29, 1.82) is 0 Å². The van der Waals surface area contributed by atoms with Crippen LogP contribution in [0.2, 0.25) is 0 Å². The van der Waals surface area contributed by atoms with Crippen molar-refractivity contribution in [2.45, 2.75) is 31.9 Å². The summed E-state index contributed by atoms with van der Waals surface area (Å²) < 4.78 is 0. The lowest BCUT2D eigenvalue weighted by Gasteiger charge is -2.06. The quantitative estimate of drug-likeness (QED) is 0.695. The van der Waals surface area contributed by atoms with E-state index in [4.69, 9.17) is 0 Å². The Morgan fingerprint density at radius 1 is 1.54 bits per heavy atom. The Hall–Kier alpha value is -0.510. The first-order valence-corrected chi connectivity index (χ1v) is 5.59. The second-order valence-corrected chi connectivity index (χ2v) is 4.97. The van der Waals surface area contributed by atoms with Gasteiger partial charge in [0.05, 0.1) is 5.25 Å². The molecule has 1 saturated heterocycles. The first-order chi connectivity index (χ1) is 6.09. The van der Waals surface area contributed by atoms with Crippen LogP contribution >= 0.6 is 11.8 Å². The van der Waals surface area contributed by atoms with E-state index < -0.39 is 0 Å². The second kappa shape index (κ2) is 4.65. The minimum Gasteiger partial charge on any atom is -0.295 e. The predicted octanol–water partition coefficient (Wildman–Crippen LogP) is 1.18. The third kappa shape index (κ3) is 3.38. The van der Waals surface area contributed by atoms with Crippen molar-refractivity contribution in [2.24, 2.45) is 5.92 Å². The Balaban J connectivity index is 2.22. The molecule has 4 heteroatoms. The molecule has 1 heterocycles. The maximum absolute atomic E-state index is 11.1. The summed E-state index contributed by atoms with van der Waals surface area (Å²) in [5.41, 5.74) is 0. The summed E-state index contributed by atoms with van der Waals surface area (Å²) in [6, 6.07) is 0. The molecule has 0 radical (unpaired) electrons. The minimum atomic E-state index is -0.133. The van der Waals surface area contributed by atoms with Gasteiger partial charge in [-0.3, -0.25) is 14.9 Å². The number of hydrogen-bond donors (Lipinski definition) is 1. The molecule has 1 fully saturated rings. The molecule has 1 atom stereocenters. The van der Waals surface area contributed by atoms with E-state index in [1.165, 1.54) is 0 Å². The fourth-order valence-corrected chi connectivity index (χ4v) is 2.48. The van der Waals surface area contributed by atoms with Gasteiger partial charge in [0.15, 0.2) is 0 Å². The van der Waals surface area contributed by atoms with E-state index >= 15 is 0 Å². The van der Waals surface area contributed by atoms with Crippen LogP contribution in [0, 0.1) is 5.92 Å². The molecule has 0 bridgehead atoms. The lowest BCUT2D eigenvalue weighted by atomic mass is 10.2. The molecule has 0 spiro atoms. The molecule has 2 amide bonds. The van der Waals surface area contributed by atoms with Crippen molar-refractivity contribution in [3.05, 3.63) is 0 Å². The number of rotatable bonds is 4. The van der Waals surface area contributed by atoms with Gasteiger partial charge in [0.25, 0.3) is 0 Å². The summed E-state index contributed by atoms with van der Waals surface area (Å²) in [7, 11) is 0. The highest BCUT2D eigenvalue weighted by Gasteiger charge is 2.30. The van der Waals surface area contributed by atoms with Crippen LogP contribution in [0.15, 0.2) is 0 Å². The van der Waals surface area contributed by atoms with Gasteiger partial charge >= 0.3 is 0 Å². The summed E-state index contributed by atoms with van der Waals surface area (Å²) in [6.07, 6.45) is 1.46. The topological polar surface area (TPSA) is 46.2 Å². The molecule has 0 aromatic heterocycles. The molecule has 0 aromatic carbocycles. The molecule has 0 aromatic rings. The standard InChI is InChI=1S/C9H15NO2S/c1-6(2)3-4-13-7-5-8(11)10-9(7)12/h6-7H,3-5H2,1-2H3,(H,10,11,12). The van der Waals surface area contributed by atoms with Gasteiger partial charge in [0.1, 0.15) is 0 Å². The summed E-state index contributed by atoms with van der Waals surface area (Å²) >= 11 is 1.59. The van der Waals surface area contributed by atoms with Gasteiger partial charge < -0.3 is 0 Å². The fourth-order valence-electron chi connectivity index (χ4n) is 1.11. The molecule has 1 unspecified atom stereocenters. The van der Waals surface area contributed by atoms with E-state index in [-0.39, 0.29) is 17.1 Å². The van der Waals surface area contributed by atoms with Gasteiger partial charge in [-0.25, -0.2) is 0 Å². The maximum atomic E-state index is 11.1. The Kier molecular flexibility index (Phi) is 3.78. The van der Waals surface area contributed by atoms with Crippen molar-refractivity contribution < 1.29 is 9.59 Å². The lowest BCUT2D eigenvalue weighted by Crippen LogP contribution is -2.23. The van der Waals surface area contributed by atoms with Crippen molar-refractivity contribution in [2.75, 3.05) is 5.75 Å². The van der Waals surface area contributed by atoms with Gasteiger partial charge in [0.2, 0.25) is 11.8 Å². The molecule has 74 valence electrons. The first kappa shape index (κ1) is 10.6. The first-order valence-electron chi connectivity index (χ1n) is 4.55. The number of amides is 2. The van der Waals surface area contributed by atoms with E-state index in [1.54, 1.807) is 11.8 Å². The molecular formula is C9H15NO2S. The van der Waals surface area contributed by atoms with Crippen molar-refractivity contribution in [1.82, 2.24) is 5.32 Å². The minimum absolute atomic E-state index is 0.112. The average molecular weight is 201 g/mol. The molecule has 1 aliphatic rings. The van der Waals surface area contributed by atoms with E-state index in [0.717, 1.165) is 12.2 Å². The van der Waals surface area contributed by atoms with Crippen molar-refractivity contribution in [3.63, 3.8) is 0 Å². The third-order valence-corrected chi connectivity index (χ3v) is 3.19. The van der Waals surface area contributed by atoms with Gasteiger partial charge in [-0.05, 0) is 18.1 Å². The monoisotopic (exact) mass is 201 g/mol. The number of carbonyl (C=O) groups excluding carboxylic acids is 2. The largest absolute Gasteiger partial charge is 0.295 e. The van der Waals surface area contributed by atoms with Crippen LogP contribution in [0.4, 0.5) is 0 Å². The molecule has 0 saturated carbocycles. The number of hydrogen-bond acceptors (Lipinski definition) is 3. The predicted molar refractivity (Wildman–Crippen MR) is 53.5 cm³/mol. The highest BCUT2D eigenvalue weighted by Crippen LogP contribution is 2.21. The van der Waals surface area contributed by atoms with E-state index in [0.29, 0.717) is 12.3 Å². The fraction of sp³-hybridized carbons (Fsp3) is 0.778. The van der Waals surface area contributed by atoms with Crippen LogP contribution in [-0.2, 0) is 9.59 Å². The van der Waals surface area contributed by atoms with Crippen LogP contribution in [-0.4, -0.2) is 22.8 Å². The second-order valence-electron chi connectivity index (χ2n) is 3.66. The van der Waals surface area contributed by atoms with E-state index in [1.807, 2.05) is 0 Å².